The van der Waals surface area contributed by atoms with Gasteiger partial charge in [0.25, 0.3) is 0 Å². The first-order chi connectivity index (χ1) is 13.2. The average Bonchev–Trinajstić information content (AvgIpc) is 3.06. The lowest BCUT2D eigenvalue weighted by molar-refractivity contribution is 0.104. The van der Waals surface area contributed by atoms with Crippen LogP contribution in [0.4, 0.5) is 0 Å². The average molecular weight is 355 g/mol. The van der Waals surface area contributed by atoms with E-state index < -0.39 is 0 Å². The van der Waals surface area contributed by atoms with E-state index >= 15 is 0 Å². The Balaban J connectivity index is 1.84. The summed E-state index contributed by atoms with van der Waals surface area (Å²) in [5.41, 5.74) is 3.86. The smallest absolute Gasteiger partial charge is 0.195 e. The molecule has 0 spiro atoms. The minimum atomic E-state index is 0.111. The number of fused-ring (bicyclic) bond motifs is 2. The molecule has 0 bridgehead atoms. The number of hydrogen-bond donors (Lipinski definition) is 0. The summed E-state index contributed by atoms with van der Waals surface area (Å²) in [5, 5.41) is 3.19. The van der Waals surface area contributed by atoms with Crippen molar-refractivity contribution in [3.05, 3.63) is 83.6 Å². The highest BCUT2D eigenvalue weighted by atomic mass is 16.1. The molecule has 0 saturated carbocycles. The molecule has 1 heterocycles. The van der Waals surface area contributed by atoms with Crippen molar-refractivity contribution in [1.82, 2.24) is 4.57 Å². The summed E-state index contributed by atoms with van der Waals surface area (Å²) in [6.45, 7) is 5.22. The van der Waals surface area contributed by atoms with Gasteiger partial charge in [-0.25, -0.2) is 0 Å². The maximum absolute atomic E-state index is 13.6. The first-order valence-corrected chi connectivity index (χ1v) is 9.81. The fourth-order valence-corrected chi connectivity index (χ4v) is 3.94. The molecule has 0 unspecified atom stereocenters. The SMILES string of the molecule is CCCCCn1cc(C(=O)c2cc(C)cc3ccccc23)c2ccccc21. The second kappa shape index (κ2) is 7.40. The van der Waals surface area contributed by atoms with Gasteiger partial charge >= 0.3 is 0 Å². The molecule has 1 aromatic heterocycles. The summed E-state index contributed by atoms with van der Waals surface area (Å²) < 4.78 is 2.25. The van der Waals surface area contributed by atoms with Gasteiger partial charge in [-0.1, -0.05) is 68.3 Å². The van der Waals surface area contributed by atoms with Gasteiger partial charge < -0.3 is 4.57 Å². The van der Waals surface area contributed by atoms with Crippen LogP contribution >= 0.6 is 0 Å². The van der Waals surface area contributed by atoms with Crippen molar-refractivity contribution in [3.8, 4) is 0 Å². The fourth-order valence-electron chi connectivity index (χ4n) is 3.94. The Kier molecular flexibility index (Phi) is 4.81. The zero-order valence-corrected chi connectivity index (χ0v) is 16.0. The van der Waals surface area contributed by atoms with Crippen LogP contribution in [0.15, 0.2) is 66.9 Å². The number of rotatable bonds is 6. The largest absolute Gasteiger partial charge is 0.347 e. The van der Waals surface area contributed by atoms with E-state index in [9.17, 15) is 4.79 Å². The Labute approximate surface area is 160 Å². The predicted molar refractivity (Wildman–Crippen MR) is 114 cm³/mol. The standard InChI is InChI=1S/C25H25NO/c1-3-4-9-14-26-17-23(21-12-7-8-13-24(21)26)25(27)22-16-18(2)15-19-10-5-6-11-20(19)22/h5-8,10-13,15-17H,3-4,9,14H2,1-2H3. The van der Waals surface area contributed by atoms with Crippen LogP contribution < -0.4 is 0 Å². The predicted octanol–water partition coefficient (Wildman–Crippen LogP) is 6.52. The van der Waals surface area contributed by atoms with Crippen molar-refractivity contribution in [2.75, 3.05) is 0 Å². The number of carbonyl (C=O) groups is 1. The lowest BCUT2D eigenvalue weighted by Crippen LogP contribution is -2.03. The molecular weight excluding hydrogens is 330 g/mol. The summed E-state index contributed by atoms with van der Waals surface area (Å²) in [5.74, 6) is 0.111. The normalized spacial score (nSPS) is 11.3. The number of carbonyl (C=O) groups excluding carboxylic acids is 1. The van der Waals surface area contributed by atoms with Crippen LogP contribution in [0, 0.1) is 6.92 Å². The van der Waals surface area contributed by atoms with Gasteiger partial charge in [-0.05, 0) is 41.8 Å². The number of nitrogens with zero attached hydrogens (tertiary/aromatic N) is 1. The van der Waals surface area contributed by atoms with Crippen LogP contribution in [0.1, 0.15) is 47.7 Å². The Morgan fingerprint density at radius 1 is 0.889 bits per heavy atom. The molecule has 0 amide bonds. The van der Waals surface area contributed by atoms with E-state index in [1.165, 1.54) is 12.8 Å². The molecule has 0 radical (unpaired) electrons. The highest BCUT2D eigenvalue weighted by molar-refractivity contribution is 6.21. The lowest BCUT2D eigenvalue weighted by atomic mass is 9.95. The first-order valence-electron chi connectivity index (χ1n) is 9.81. The minimum absolute atomic E-state index is 0.111. The van der Waals surface area contributed by atoms with Crippen molar-refractivity contribution in [3.63, 3.8) is 0 Å². The van der Waals surface area contributed by atoms with Crippen molar-refractivity contribution in [2.45, 2.75) is 39.7 Å². The summed E-state index contributed by atoms with van der Waals surface area (Å²) in [6.07, 6.45) is 5.59. The van der Waals surface area contributed by atoms with E-state index in [2.05, 4.69) is 54.9 Å². The summed E-state index contributed by atoms with van der Waals surface area (Å²) in [7, 11) is 0. The molecule has 0 fully saturated rings. The van der Waals surface area contributed by atoms with Crippen LogP contribution in [0.2, 0.25) is 0 Å². The monoisotopic (exact) mass is 355 g/mol. The zero-order valence-electron chi connectivity index (χ0n) is 16.0. The van der Waals surface area contributed by atoms with E-state index in [-0.39, 0.29) is 5.78 Å². The van der Waals surface area contributed by atoms with Crippen LogP contribution in [-0.2, 0) is 6.54 Å². The van der Waals surface area contributed by atoms with Crippen molar-refractivity contribution in [2.24, 2.45) is 0 Å². The van der Waals surface area contributed by atoms with Crippen molar-refractivity contribution >= 4 is 27.5 Å². The molecule has 136 valence electrons. The Morgan fingerprint density at radius 2 is 1.63 bits per heavy atom. The molecule has 0 aliphatic heterocycles. The number of unbranched alkanes of at least 4 members (excludes halogenated alkanes) is 2. The van der Waals surface area contributed by atoms with Gasteiger partial charge in [0.2, 0.25) is 0 Å². The first kappa shape index (κ1) is 17.5. The third-order valence-corrected chi connectivity index (χ3v) is 5.29. The lowest BCUT2D eigenvalue weighted by Gasteiger charge is -2.07. The van der Waals surface area contributed by atoms with Crippen LogP contribution in [-0.4, -0.2) is 10.4 Å². The van der Waals surface area contributed by atoms with Gasteiger partial charge in [-0.3, -0.25) is 4.79 Å². The van der Waals surface area contributed by atoms with Gasteiger partial charge in [0.05, 0.1) is 0 Å². The molecule has 2 heteroatoms. The highest BCUT2D eigenvalue weighted by Crippen LogP contribution is 2.28. The molecule has 0 aliphatic carbocycles. The van der Waals surface area contributed by atoms with Gasteiger partial charge in [0.1, 0.15) is 0 Å². The number of ketones is 1. The second-order valence-electron chi connectivity index (χ2n) is 7.32. The molecule has 4 rings (SSSR count). The number of aryl methyl sites for hydroxylation is 2. The topological polar surface area (TPSA) is 22.0 Å². The van der Waals surface area contributed by atoms with Crippen molar-refractivity contribution < 1.29 is 4.79 Å². The molecule has 3 aromatic carbocycles. The summed E-state index contributed by atoms with van der Waals surface area (Å²) in [4.78, 5) is 13.6. The maximum Gasteiger partial charge on any atom is 0.195 e. The van der Waals surface area contributed by atoms with Gasteiger partial charge in [0, 0.05) is 34.8 Å². The van der Waals surface area contributed by atoms with E-state index in [0.29, 0.717) is 0 Å². The second-order valence-corrected chi connectivity index (χ2v) is 7.32. The molecule has 0 atom stereocenters. The third kappa shape index (κ3) is 3.28. The molecule has 0 aliphatic rings. The summed E-state index contributed by atoms with van der Waals surface area (Å²) >= 11 is 0. The summed E-state index contributed by atoms with van der Waals surface area (Å²) in [6, 6.07) is 20.6. The maximum atomic E-state index is 13.6. The van der Waals surface area contributed by atoms with Crippen LogP contribution in [0.3, 0.4) is 0 Å². The number of para-hydroxylation sites is 1. The number of aromatic nitrogens is 1. The molecule has 4 aromatic rings. The molecule has 0 N–H and O–H groups in total. The van der Waals surface area contributed by atoms with Crippen LogP contribution in [0.25, 0.3) is 21.7 Å². The van der Waals surface area contributed by atoms with Crippen LogP contribution in [0.5, 0.6) is 0 Å². The minimum Gasteiger partial charge on any atom is -0.347 e. The van der Waals surface area contributed by atoms with E-state index in [1.807, 2.05) is 30.3 Å². The Morgan fingerprint density at radius 3 is 2.44 bits per heavy atom. The number of benzene rings is 3. The van der Waals surface area contributed by atoms with Gasteiger partial charge in [-0.15, -0.1) is 0 Å². The Hall–Kier alpha value is -2.87. The highest BCUT2D eigenvalue weighted by Gasteiger charge is 2.18. The van der Waals surface area contributed by atoms with E-state index in [1.54, 1.807) is 0 Å². The van der Waals surface area contributed by atoms with E-state index in [0.717, 1.165) is 51.3 Å². The quantitative estimate of drug-likeness (QED) is 0.285. The van der Waals surface area contributed by atoms with Gasteiger partial charge in [0.15, 0.2) is 5.78 Å². The molecule has 0 saturated heterocycles. The zero-order chi connectivity index (χ0) is 18.8. The molecular formula is C25H25NO. The van der Waals surface area contributed by atoms with E-state index in [4.69, 9.17) is 0 Å². The molecule has 27 heavy (non-hydrogen) atoms. The van der Waals surface area contributed by atoms with Crippen molar-refractivity contribution in [1.29, 1.82) is 0 Å². The molecule has 2 nitrogen and oxygen atoms in total. The fraction of sp³-hybridized carbons (Fsp3) is 0.240. The third-order valence-electron chi connectivity index (χ3n) is 5.29. The van der Waals surface area contributed by atoms with Gasteiger partial charge in [-0.2, -0.15) is 0 Å². The number of hydrogen-bond acceptors (Lipinski definition) is 1. The Bertz CT molecular complexity index is 1120.